The molecule has 2 aliphatic rings. The Balaban J connectivity index is 0.00000169. The highest BCUT2D eigenvalue weighted by Gasteiger charge is 2.24. The molecule has 1 saturated heterocycles. The van der Waals surface area contributed by atoms with Gasteiger partial charge in [-0.05, 0) is 47.2 Å². The van der Waals surface area contributed by atoms with Gasteiger partial charge in [-0.1, -0.05) is 30.3 Å². The molecule has 0 aromatic heterocycles. The second-order valence-corrected chi connectivity index (χ2v) is 5.96. The van der Waals surface area contributed by atoms with Crippen LogP contribution in [-0.4, -0.2) is 19.0 Å². The van der Waals surface area contributed by atoms with Crippen molar-refractivity contribution in [2.75, 3.05) is 13.1 Å². The molecule has 24 heavy (non-hydrogen) atoms. The Morgan fingerprint density at radius 3 is 2.42 bits per heavy atom. The second-order valence-electron chi connectivity index (χ2n) is 5.96. The van der Waals surface area contributed by atoms with Crippen LogP contribution in [0.2, 0.25) is 0 Å². The quantitative estimate of drug-likeness (QED) is 0.685. The number of nitriles is 1. The van der Waals surface area contributed by atoms with Crippen molar-refractivity contribution in [1.82, 2.24) is 10.6 Å². The van der Waals surface area contributed by atoms with E-state index in [1.807, 2.05) is 12.1 Å². The summed E-state index contributed by atoms with van der Waals surface area (Å²) in [4.78, 5) is 4.94. The lowest BCUT2D eigenvalue weighted by molar-refractivity contribution is 0.847. The largest absolute Gasteiger partial charge is 0.355 e. The third kappa shape index (κ3) is 3.11. The van der Waals surface area contributed by atoms with Crippen molar-refractivity contribution >= 4 is 29.9 Å². The Bertz CT molecular complexity index is 814. The molecule has 1 aliphatic carbocycles. The van der Waals surface area contributed by atoms with E-state index in [0.29, 0.717) is 5.56 Å². The van der Waals surface area contributed by atoms with Gasteiger partial charge in [-0.25, -0.2) is 4.99 Å². The molecule has 2 aromatic rings. The minimum atomic E-state index is -0.0647. The maximum absolute atomic E-state index is 9.26. The highest BCUT2D eigenvalue weighted by atomic mass is 127. The smallest absolute Gasteiger partial charge is 0.192 e. The van der Waals surface area contributed by atoms with Crippen molar-refractivity contribution in [3.05, 3.63) is 70.3 Å². The number of nitrogens with zero attached hydrogens (tertiary/aromatic N) is 2. The van der Waals surface area contributed by atoms with Gasteiger partial charge in [0.2, 0.25) is 0 Å². The Morgan fingerprint density at radius 1 is 0.958 bits per heavy atom. The summed E-state index contributed by atoms with van der Waals surface area (Å²) >= 11 is 0. The molecule has 5 heteroatoms. The van der Waals surface area contributed by atoms with Crippen LogP contribution in [0.15, 0.2) is 47.5 Å². The van der Waals surface area contributed by atoms with E-state index in [9.17, 15) is 5.26 Å². The van der Waals surface area contributed by atoms with Crippen LogP contribution in [0.1, 0.15) is 33.9 Å². The van der Waals surface area contributed by atoms with Crippen LogP contribution in [0.25, 0.3) is 0 Å². The van der Waals surface area contributed by atoms with Crippen LogP contribution < -0.4 is 10.6 Å². The SMILES string of the molecule is I.N#Cc1ccc2c(c1)C(N=C1NCCN1)c1ccccc1CC2. The molecule has 0 saturated carbocycles. The first-order chi connectivity index (χ1) is 11.3. The summed E-state index contributed by atoms with van der Waals surface area (Å²) in [6.07, 6.45) is 2.00. The van der Waals surface area contributed by atoms with Gasteiger partial charge in [0.05, 0.1) is 11.6 Å². The number of nitrogens with one attached hydrogen (secondary N) is 2. The zero-order valence-corrected chi connectivity index (χ0v) is 15.6. The summed E-state index contributed by atoms with van der Waals surface area (Å²) in [5, 5.41) is 15.8. The summed E-state index contributed by atoms with van der Waals surface area (Å²) in [6.45, 7) is 1.80. The van der Waals surface area contributed by atoms with Crippen LogP contribution in [0, 0.1) is 11.3 Å². The van der Waals surface area contributed by atoms with E-state index >= 15 is 0 Å². The number of rotatable bonds is 1. The van der Waals surface area contributed by atoms with E-state index in [1.165, 1.54) is 16.7 Å². The van der Waals surface area contributed by atoms with Gasteiger partial charge >= 0.3 is 0 Å². The van der Waals surface area contributed by atoms with Crippen molar-refractivity contribution in [3.63, 3.8) is 0 Å². The molecule has 0 bridgehead atoms. The lowest BCUT2D eigenvalue weighted by Gasteiger charge is -2.17. The van der Waals surface area contributed by atoms with Crippen molar-refractivity contribution < 1.29 is 0 Å². The molecule has 122 valence electrons. The predicted molar refractivity (Wildman–Crippen MR) is 106 cm³/mol. The van der Waals surface area contributed by atoms with Gasteiger partial charge in [0, 0.05) is 13.1 Å². The standard InChI is InChI=1S/C19H18N4.HI/c20-12-13-5-6-15-8-7-14-3-1-2-4-16(14)18(17(15)11-13)23-19-21-9-10-22-19;/h1-6,11,18H,7-10H2,(H2,21,22,23);1H. The summed E-state index contributed by atoms with van der Waals surface area (Å²) in [5.41, 5.74) is 5.71. The van der Waals surface area contributed by atoms with Crippen LogP contribution in [0.5, 0.6) is 0 Å². The molecule has 0 spiro atoms. The van der Waals surface area contributed by atoms with E-state index in [4.69, 9.17) is 4.99 Å². The molecule has 1 aliphatic heterocycles. The van der Waals surface area contributed by atoms with Gasteiger partial charge in [-0.2, -0.15) is 5.26 Å². The van der Waals surface area contributed by atoms with Gasteiger partial charge in [-0.15, -0.1) is 24.0 Å². The lowest BCUT2D eigenvalue weighted by Crippen LogP contribution is -2.25. The van der Waals surface area contributed by atoms with E-state index in [0.717, 1.165) is 37.5 Å². The third-order valence-corrected chi connectivity index (χ3v) is 4.55. The molecule has 4 rings (SSSR count). The first-order valence-corrected chi connectivity index (χ1v) is 8.01. The van der Waals surface area contributed by atoms with Crippen molar-refractivity contribution in [3.8, 4) is 6.07 Å². The maximum atomic E-state index is 9.26. The third-order valence-electron chi connectivity index (χ3n) is 4.55. The number of benzene rings is 2. The number of aryl methyl sites for hydroxylation is 2. The van der Waals surface area contributed by atoms with Crippen LogP contribution in [-0.2, 0) is 12.8 Å². The first-order valence-electron chi connectivity index (χ1n) is 8.01. The molecular weight excluding hydrogens is 411 g/mol. The minimum Gasteiger partial charge on any atom is -0.355 e. The van der Waals surface area contributed by atoms with Crippen molar-refractivity contribution in [2.45, 2.75) is 18.9 Å². The molecule has 4 nitrogen and oxygen atoms in total. The molecule has 1 unspecified atom stereocenters. The van der Waals surface area contributed by atoms with Gasteiger partial charge in [-0.3, -0.25) is 0 Å². The summed E-state index contributed by atoms with van der Waals surface area (Å²) < 4.78 is 0. The van der Waals surface area contributed by atoms with Crippen LogP contribution in [0.4, 0.5) is 0 Å². The Kier molecular flexibility index (Phi) is 5.05. The number of fused-ring (bicyclic) bond motifs is 2. The maximum Gasteiger partial charge on any atom is 0.192 e. The second kappa shape index (κ2) is 7.22. The fraction of sp³-hybridized carbons (Fsp3) is 0.263. The molecule has 0 amide bonds. The van der Waals surface area contributed by atoms with E-state index in [1.54, 1.807) is 0 Å². The Morgan fingerprint density at radius 2 is 1.67 bits per heavy atom. The van der Waals surface area contributed by atoms with Gasteiger partial charge in [0.15, 0.2) is 5.96 Å². The lowest BCUT2D eigenvalue weighted by atomic mass is 9.94. The van der Waals surface area contributed by atoms with E-state index in [-0.39, 0.29) is 30.0 Å². The molecule has 1 atom stereocenters. The molecule has 0 radical (unpaired) electrons. The zero-order valence-electron chi connectivity index (χ0n) is 13.2. The summed E-state index contributed by atoms with van der Waals surface area (Å²) in [5.74, 6) is 0.847. The zero-order chi connectivity index (χ0) is 15.6. The number of aliphatic imine (C=N–C) groups is 1. The fourth-order valence-corrected chi connectivity index (χ4v) is 3.40. The average molecular weight is 430 g/mol. The predicted octanol–water partition coefficient (Wildman–Crippen LogP) is 2.91. The number of hydrogen-bond donors (Lipinski definition) is 2. The number of halogens is 1. The highest BCUT2D eigenvalue weighted by Crippen LogP contribution is 2.35. The summed E-state index contributed by atoms with van der Waals surface area (Å²) in [7, 11) is 0. The van der Waals surface area contributed by atoms with E-state index in [2.05, 4.69) is 47.0 Å². The van der Waals surface area contributed by atoms with Crippen molar-refractivity contribution in [1.29, 1.82) is 5.26 Å². The number of hydrogen-bond acceptors (Lipinski definition) is 2. The van der Waals surface area contributed by atoms with Crippen molar-refractivity contribution in [2.24, 2.45) is 4.99 Å². The summed E-state index contributed by atoms with van der Waals surface area (Å²) in [6, 6.07) is 16.7. The Labute approximate surface area is 159 Å². The van der Waals surface area contributed by atoms with E-state index < -0.39 is 0 Å². The van der Waals surface area contributed by atoms with Crippen LogP contribution in [0.3, 0.4) is 0 Å². The fourth-order valence-electron chi connectivity index (χ4n) is 3.40. The van der Waals surface area contributed by atoms with Gasteiger partial charge in [0.25, 0.3) is 0 Å². The molecule has 1 heterocycles. The van der Waals surface area contributed by atoms with Gasteiger partial charge < -0.3 is 10.6 Å². The molecular formula is C19H19IN4. The highest BCUT2D eigenvalue weighted by molar-refractivity contribution is 14.0. The topological polar surface area (TPSA) is 60.2 Å². The van der Waals surface area contributed by atoms with Gasteiger partial charge in [0.1, 0.15) is 6.04 Å². The molecule has 1 fully saturated rings. The number of guanidine groups is 1. The normalized spacial score (nSPS) is 18.0. The Hall–Kier alpha value is -2.07. The molecule has 2 aromatic carbocycles. The monoisotopic (exact) mass is 430 g/mol. The average Bonchev–Trinajstić information content (AvgIpc) is 3.06. The minimum absolute atomic E-state index is 0. The molecule has 2 N–H and O–H groups in total. The van der Waals surface area contributed by atoms with Crippen LogP contribution >= 0.6 is 24.0 Å². The first kappa shape index (κ1) is 16.8.